The summed E-state index contributed by atoms with van der Waals surface area (Å²) in [6.45, 7) is 10.0. The Hall–Kier alpha value is -1.79. The summed E-state index contributed by atoms with van der Waals surface area (Å²) in [5.41, 5.74) is 4.69. The van der Waals surface area contributed by atoms with Crippen LogP contribution in [0.2, 0.25) is 0 Å². The van der Waals surface area contributed by atoms with Gasteiger partial charge in [0.25, 0.3) is 0 Å². The zero-order valence-electron chi connectivity index (χ0n) is 14.7. The van der Waals surface area contributed by atoms with Crippen LogP contribution in [0.25, 0.3) is 0 Å². The van der Waals surface area contributed by atoms with Crippen molar-refractivity contribution in [3.63, 3.8) is 0 Å². The largest absolute Gasteiger partial charge is 0.444 e. The molecule has 1 aliphatic rings. The van der Waals surface area contributed by atoms with E-state index in [0.717, 1.165) is 0 Å². The normalized spacial score (nSPS) is 17.7. The second kappa shape index (κ2) is 7.66. The summed E-state index contributed by atoms with van der Waals surface area (Å²) in [6, 6.07) is -0.644. The molecule has 0 aliphatic carbocycles. The molecule has 3 amide bonds. The van der Waals surface area contributed by atoms with Gasteiger partial charge in [0, 0.05) is 19.0 Å². The second-order valence-electron chi connectivity index (χ2n) is 7.37. The molecular formula is C16H29N3O4. The average Bonchev–Trinajstić information content (AvgIpc) is 2.42. The maximum atomic E-state index is 12.7. The summed E-state index contributed by atoms with van der Waals surface area (Å²) in [5.74, 6) is -0.697. The number of hydrogen-bond acceptors (Lipinski definition) is 4. The Kier molecular flexibility index (Phi) is 6.41. The van der Waals surface area contributed by atoms with Gasteiger partial charge in [0.1, 0.15) is 11.6 Å². The molecular weight excluding hydrogens is 298 g/mol. The fourth-order valence-corrected chi connectivity index (χ4v) is 2.53. The number of carbonyl (C=O) groups is 3. The molecule has 0 bridgehead atoms. The highest BCUT2D eigenvalue weighted by atomic mass is 16.6. The Labute approximate surface area is 137 Å². The van der Waals surface area contributed by atoms with Gasteiger partial charge in [-0.15, -0.1) is 0 Å². The predicted octanol–water partition coefficient (Wildman–Crippen LogP) is 1.26. The van der Waals surface area contributed by atoms with E-state index in [0.29, 0.717) is 25.9 Å². The minimum atomic E-state index is -0.644. The lowest BCUT2D eigenvalue weighted by molar-refractivity contribution is -0.137. The first kappa shape index (κ1) is 19.3. The van der Waals surface area contributed by atoms with E-state index in [1.54, 1.807) is 25.7 Å². The van der Waals surface area contributed by atoms with Crippen LogP contribution in [0.4, 0.5) is 4.79 Å². The van der Waals surface area contributed by atoms with Gasteiger partial charge < -0.3 is 20.7 Å². The molecule has 7 heteroatoms. The molecule has 1 atom stereocenters. The Morgan fingerprint density at radius 2 is 1.70 bits per heavy atom. The molecule has 0 saturated carbocycles. The van der Waals surface area contributed by atoms with E-state index in [4.69, 9.17) is 10.5 Å². The van der Waals surface area contributed by atoms with E-state index in [1.807, 2.05) is 13.8 Å². The van der Waals surface area contributed by atoms with Crippen molar-refractivity contribution < 1.29 is 19.1 Å². The van der Waals surface area contributed by atoms with Gasteiger partial charge >= 0.3 is 6.09 Å². The second-order valence-corrected chi connectivity index (χ2v) is 7.37. The number of hydrogen-bond donors (Lipinski definition) is 2. The number of amides is 3. The van der Waals surface area contributed by atoms with Crippen LogP contribution in [0.3, 0.4) is 0 Å². The third kappa shape index (κ3) is 6.08. The molecule has 0 aromatic heterocycles. The van der Waals surface area contributed by atoms with Crippen molar-refractivity contribution in [1.82, 2.24) is 10.2 Å². The number of nitrogens with one attached hydrogen (secondary N) is 1. The fourth-order valence-electron chi connectivity index (χ4n) is 2.53. The highest BCUT2D eigenvalue weighted by Crippen LogP contribution is 2.19. The Morgan fingerprint density at radius 3 is 2.09 bits per heavy atom. The number of alkyl carbamates (subject to hydrolysis) is 1. The van der Waals surface area contributed by atoms with E-state index < -0.39 is 17.7 Å². The maximum absolute atomic E-state index is 12.7. The van der Waals surface area contributed by atoms with Gasteiger partial charge in [0.05, 0.1) is 0 Å². The van der Waals surface area contributed by atoms with Crippen LogP contribution < -0.4 is 11.1 Å². The molecule has 0 unspecified atom stereocenters. The number of nitrogens with zero attached hydrogens (tertiary/aromatic N) is 1. The number of rotatable bonds is 4. The first-order valence-corrected chi connectivity index (χ1v) is 8.09. The average molecular weight is 327 g/mol. The maximum Gasteiger partial charge on any atom is 0.408 e. The Morgan fingerprint density at radius 1 is 1.17 bits per heavy atom. The fraction of sp³-hybridized carbons (Fsp3) is 0.812. The summed E-state index contributed by atoms with van der Waals surface area (Å²) in [5, 5.41) is 2.66. The van der Waals surface area contributed by atoms with Crippen LogP contribution in [0.1, 0.15) is 47.5 Å². The van der Waals surface area contributed by atoms with Crippen LogP contribution in [0, 0.1) is 11.8 Å². The van der Waals surface area contributed by atoms with E-state index in [1.165, 1.54) is 0 Å². The molecule has 1 aliphatic heterocycles. The lowest BCUT2D eigenvalue weighted by Gasteiger charge is -2.34. The number of ether oxygens (including phenoxy) is 1. The van der Waals surface area contributed by atoms with Crippen LogP contribution in [-0.4, -0.2) is 47.5 Å². The quantitative estimate of drug-likeness (QED) is 0.811. The lowest BCUT2D eigenvalue weighted by atomic mass is 9.94. The topological polar surface area (TPSA) is 102 Å². The van der Waals surface area contributed by atoms with Crippen molar-refractivity contribution >= 4 is 17.9 Å². The molecule has 0 aromatic carbocycles. The van der Waals surface area contributed by atoms with Gasteiger partial charge in [-0.2, -0.15) is 0 Å². The zero-order valence-corrected chi connectivity index (χ0v) is 14.7. The van der Waals surface area contributed by atoms with Crippen molar-refractivity contribution in [3.05, 3.63) is 0 Å². The monoisotopic (exact) mass is 327 g/mol. The molecule has 1 rings (SSSR count). The van der Waals surface area contributed by atoms with Crippen LogP contribution in [0.5, 0.6) is 0 Å². The Bertz CT molecular complexity index is 449. The summed E-state index contributed by atoms with van der Waals surface area (Å²) in [6.07, 6.45) is 0.535. The van der Waals surface area contributed by atoms with Crippen molar-refractivity contribution in [1.29, 1.82) is 0 Å². The van der Waals surface area contributed by atoms with E-state index in [9.17, 15) is 14.4 Å². The molecule has 1 fully saturated rings. The van der Waals surface area contributed by atoms with Crippen molar-refractivity contribution in [2.45, 2.75) is 59.1 Å². The number of likely N-dealkylation sites (tertiary alicyclic amines) is 1. The first-order chi connectivity index (χ1) is 10.5. The molecule has 132 valence electrons. The van der Waals surface area contributed by atoms with E-state index in [2.05, 4.69) is 5.32 Å². The predicted molar refractivity (Wildman–Crippen MR) is 86.5 cm³/mol. The number of carbonyl (C=O) groups excluding carboxylic acids is 3. The van der Waals surface area contributed by atoms with Gasteiger partial charge in [-0.1, -0.05) is 13.8 Å². The number of piperidine rings is 1. The highest BCUT2D eigenvalue weighted by molar-refractivity contribution is 5.86. The molecule has 0 aromatic rings. The van der Waals surface area contributed by atoms with Gasteiger partial charge in [-0.05, 0) is 39.5 Å². The summed E-state index contributed by atoms with van der Waals surface area (Å²) in [4.78, 5) is 37.5. The first-order valence-electron chi connectivity index (χ1n) is 8.09. The lowest BCUT2D eigenvalue weighted by Crippen LogP contribution is -2.54. The van der Waals surface area contributed by atoms with Crippen LogP contribution in [0.15, 0.2) is 0 Å². The van der Waals surface area contributed by atoms with Gasteiger partial charge in [-0.3, -0.25) is 9.59 Å². The van der Waals surface area contributed by atoms with Crippen LogP contribution >= 0.6 is 0 Å². The Balaban J connectivity index is 2.65. The van der Waals surface area contributed by atoms with Gasteiger partial charge in [0.2, 0.25) is 11.8 Å². The summed E-state index contributed by atoms with van der Waals surface area (Å²) in [7, 11) is 0. The van der Waals surface area contributed by atoms with E-state index in [-0.39, 0.29) is 23.7 Å². The van der Waals surface area contributed by atoms with Gasteiger partial charge in [-0.25, -0.2) is 4.79 Å². The van der Waals surface area contributed by atoms with E-state index >= 15 is 0 Å². The zero-order chi connectivity index (χ0) is 17.8. The molecule has 23 heavy (non-hydrogen) atoms. The number of primary amides is 1. The third-order valence-electron chi connectivity index (χ3n) is 3.81. The minimum Gasteiger partial charge on any atom is -0.444 e. The molecule has 1 saturated heterocycles. The summed E-state index contributed by atoms with van der Waals surface area (Å²) >= 11 is 0. The molecule has 0 radical (unpaired) electrons. The standard InChI is InChI=1S/C16H29N3O4/c1-10(2)12(18-15(22)23-16(3,4)5)14(21)19-8-6-11(7-9-19)13(17)20/h10-12H,6-9H2,1-5H3,(H2,17,20)(H,18,22)/t12-/m0/s1. The molecule has 1 heterocycles. The van der Waals surface area contributed by atoms with Crippen LogP contribution in [-0.2, 0) is 14.3 Å². The van der Waals surface area contributed by atoms with Crippen molar-refractivity contribution in [2.75, 3.05) is 13.1 Å². The SMILES string of the molecule is CC(C)[C@H](NC(=O)OC(C)(C)C)C(=O)N1CCC(C(N)=O)CC1. The molecule has 3 N–H and O–H groups in total. The highest BCUT2D eigenvalue weighted by Gasteiger charge is 2.33. The summed E-state index contributed by atoms with van der Waals surface area (Å²) < 4.78 is 5.22. The minimum absolute atomic E-state index is 0.0658. The molecule has 7 nitrogen and oxygen atoms in total. The van der Waals surface area contributed by atoms with Crippen molar-refractivity contribution in [2.24, 2.45) is 17.6 Å². The smallest absolute Gasteiger partial charge is 0.408 e. The van der Waals surface area contributed by atoms with Gasteiger partial charge in [0.15, 0.2) is 0 Å². The number of nitrogens with two attached hydrogens (primary N) is 1. The third-order valence-corrected chi connectivity index (χ3v) is 3.81. The molecule has 0 spiro atoms. The van der Waals surface area contributed by atoms with Crippen molar-refractivity contribution in [3.8, 4) is 0 Å².